The van der Waals surface area contributed by atoms with E-state index in [1.807, 2.05) is 4.90 Å². The first kappa shape index (κ1) is 18.2. The minimum atomic E-state index is -4.61. The van der Waals surface area contributed by atoms with Crippen molar-refractivity contribution < 1.29 is 22.5 Å². The summed E-state index contributed by atoms with van der Waals surface area (Å²) in [5, 5.41) is 9.78. The van der Waals surface area contributed by atoms with Crippen molar-refractivity contribution in [2.24, 2.45) is 13.0 Å². The highest BCUT2D eigenvalue weighted by Crippen LogP contribution is 2.28. The lowest BCUT2D eigenvalue weighted by molar-refractivity contribution is -0.141. The molecule has 1 saturated heterocycles. The predicted molar refractivity (Wildman–Crippen MR) is 84.4 cm³/mol. The normalized spacial score (nSPS) is 19.0. The Balaban J connectivity index is 1.68. The molecule has 0 saturated carbocycles. The summed E-state index contributed by atoms with van der Waals surface area (Å²) in [7, 11) is 1.27. The Morgan fingerprint density at radius 3 is 2.77 bits per heavy atom. The van der Waals surface area contributed by atoms with Gasteiger partial charge in [-0.2, -0.15) is 23.3 Å². The SMILES string of the molecule is CC1CCN(c2noc([C@H](C)NC(=O)c3cc(C(F)(F)F)nn3C)n2)C1. The van der Waals surface area contributed by atoms with E-state index in [1.165, 1.54) is 7.05 Å². The number of alkyl halides is 3. The Hall–Kier alpha value is -2.59. The first-order valence-electron chi connectivity index (χ1n) is 8.15. The van der Waals surface area contributed by atoms with Crippen LogP contribution in [0, 0.1) is 5.92 Å². The van der Waals surface area contributed by atoms with Crippen LogP contribution in [-0.2, 0) is 13.2 Å². The molecule has 1 unspecified atom stereocenters. The Morgan fingerprint density at radius 1 is 1.46 bits per heavy atom. The number of nitrogens with one attached hydrogen (secondary N) is 1. The van der Waals surface area contributed by atoms with Crippen molar-refractivity contribution in [1.29, 1.82) is 0 Å². The fraction of sp³-hybridized carbons (Fsp3) is 0.600. The molecule has 2 atom stereocenters. The van der Waals surface area contributed by atoms with E-state index in [2.05, 4.69) is 27.5 Å². The van der Waals surface area contributed by atoms with Crippen molar-refractivity contribution in [3.05, 3.63) is 23.3 Å². The quantitative estimate of drug-likeness (QED) is 0.885. The van der Waals surface area contributed by atoms with Gasteiger partial charge in [0.1, 0.15) is 11.7 Å². The molecule has 1 N–H and O–H groups in total. The maximum atomic E-state index is 12.7. The van der Waals surface area contributed by atoms with Gasteiger partial charge < -0.3 is 14.7 Å². The third-order valence-electron chi connectivity index (χ3n) is 4.26. The molecule has 3 heterocycles. The summed E-state index contributed by atoms with van der Waals surface area (Å²) in [5.74, 6) is 0.468. The van der Waals surface area contributed by atoms with Crippen molar-refractivity contribution in [3.8, 4) is 0 Å². The standard InChI is InChI=1S/C15H19F3N6O2/c1-8-4-5-24(7-8)14-20-13(26-22-14)9(2)19-12(25)10-6-11(15(16,17)18)21-23(10)3/h6,8-9H,4-5,7H2,1-3H3,(H,19,25)/t8?,9-/m0/s1. The number of anilines is 1. The average Bonchev–Trinajstić information content (AvgIpc) is 3.24. The maximum absolute atomic E-state index is 12.7. The van der Waals surface area contributed by atoms with Crippen LogP contribution in [-0.4, -0.2) is 38.9 Å². The van der Waals surface area contributed by atoms with Gasteiger partial charge in [0.25, 0.3) is 17.7 Å². The van der Waals surface area contributed by atoms with Crippen molar-refractivity contribution in [1.82, 2.24) is 25.2 Å². The highest BCUT2D eigenvalue weighted by atomic mass is 19.4. The molecule has 1 amide bonds. The molecular formula is C15H19F3N6O2. The molecule has 2 aromatic heterocycles. The second-order valence-corrected chi connectivity index (χ2v) is 6.50. The molecule has 26 heavy (non-hydrogen) atoms. The Morgan fingerprint density at radius 2 is 2.19 bits per heavy atom. The summed E-state index contributed by atoms with van der Waals surface area (Å²) >= 11 is 0. The van der Waals surface area contributed by atoms with Gasteiger partial charge in [0.2, 0.25) is 0 Å². The van der Waals surface area contributed by atoms with E-state index in [0.717, 1.165) is 24.2 Å². The number of hydrogen-bond acceptors (Lipinski definition) is 6. The molecule has 2 aromatic rings. The van der Waals surface area contributed by atoms with Crippen LogP contribution < -0.4 is 10.2 Å². The van der Waals surface area contributed by atoms with Gasteiger partial charge in [0.15, 0.2) is 5.69 Å². The molecule has 1 aliphatic rings. The molecule has 0 radical (unpaired) electrons. The number of aromatic nitrogens is 4. The first-order valence-corrected chi connectivity index (χ1v) is 8.15. The summed E-state index contributed by atoms with van der Waals surface area (Å²) in [5.41, 5.74) is -1.33. The fourth-order valence-electron chi connectivity index (χ4n) is 2.80. The van der Waals surface area contributed by atoms with E-state index in [1.54, 1.807) is 6.92 Å². The highest BCUT2D eigenvalue weighted by molar-refractivity contribution is 5.92. The van der Waals surface area contributed by atoms with Crippen LogP contribution >= 0.6 is 0 Å². The second kappa shape index (κ2) is 6.61. The Labute approximate surface area is 147 Å². The zero-order chi connectivity index (χ0) is 19.1. The lowest BCUT2D eigenvalue weighted by Gasteiger charge is -2.11. The van der Waals surface area contributed by atoms with Gasteiger partial charge in [0.05, 0.1) is 0 Å². The van der Waals surface area contributed by atoms with Crippen molar-refractivity contribution in [2.75, 3.05) is 18.0 Å². The van der Waals surface area contributed by atoms with E-state index in [4.69, 9.17) is 4.52 Å². The summed E-state index contributed by atoms with van der Waals surface area (Å²) in [4.78, 5) is 18.5. The molecule has 1 aliphatic heterocycles. The number of hydrogen-bond donors (Lipinski definition) is 1. The number of carbonyl (C=O) groups excluding carboxylic acids is 1. The first-order chi connectivity index (χ1) is 12.1. The van der Waals surface area contributed by atoms with E-state index in [-0.39, 0.29) is 11.6 Å². The lowest BCUT2D eigenvalue weighted by atomic mass is 10.2. The third kappa shape index (κ3) is 3.65. The summed E-state index contributed by atoms with van der Waals surface area (Å²) in [6, 6.07) is 0.0421. The van der Waals surface area contributed by atoms with Crippen LogP contribution in [0.2, 0.25) is 0 Å². The molecule has 142 valence electrons. The van der Waals surface area contributed by atoms with Crippen molar-refractivity contribution in [2.45, 2.75) is 32.5 Å². The zero-order valence-electron chi connectivity index (χ0n) is 14.5. The number of amides is 1. The van der Waals surface area contributed by atoms with Gasteiger partial charge in [0, 0.05) is 26.2 Å². The number of halogens is 3. The van der Waals surface area contributed by atoms with Crippen molar-refractivity contribution in [3.63, 3.8) is 0 Å². The summed E-state index contributed by atoms with van der Waals surface area (Å²) in [6.45, 7) is 5.40. The number of aryl methyl sites for hydroxylation is 1. The van der Waals surface area contributed by atoms with Gasteiger partial charge in [-0.05, 0) is 24.4 Å². The van der Waals surface area contributed by atoms with Gasteiger partial charge in [-0.15, -0.1) is 0 Å². The molecule has 0 aromatic carbocycles. The second-order valence-electron chi connectivity index (χ2n) is 6.50. The fourth-order valence-corrected chi connectivity index (χ4v) is 2.80. The zero-order valence-corrected chi connectivity index (χ0v) is 14.5. The number of rotatable bonds is 4. The van der Waals surface area contributed by atoms with Crippen LogP contribution in [0.1, 0.15) is 48.4 Å². The third-order valence-corrected chi connectivity index (χ3v) is 4.26. The van der Waals surface area contributed by atoms with Gasteiger partial charge in [-0.25, -0.2) is 0 Å². The molecule has 0 bridgehead atoms. The van der Waals surface area contributed by atoms with Crippen LogP contribution in [0.25, 0.3) is 0 Å². The highest BCUT2D eigenvalue weighted by Gasteiger charge is 2.35. The monoisotopic (exact) mass is 372 g/mol. The molecule has 3 rings (SSSR count). The minimum absolute atomic E-state index is 0.186. The van der Waals surface area contributed by atoms with Gasteiger partial charge in [-0.3, -0.25) is 9.48 Å². The van der Waals surface area contributed by atoms with E-state index >= 15 is 0 Å². The largest absolute Gasteiger partial charge is 0.435 e. The number of nitrogens with zero attached hydrogens (tertiary/aromatic N) is 5. The topological polar surface area (TPSA) is 89.1 Å². The Bertz CT molecular complexity index is 800. The summed E-state index contributed by atoms with van der Waals surface area (Å²) in [6.07, 6.45) is -3.58. The minimum Gasteiger partial charge on any atom is -0.339 e. The number of carbonyl (C=O) groups is 1. The van der Waals surface area contributed by atoms with Crippen LogP contribution in [0.15, 0.2) is 10.6 Å². The smallest absolute Gasteiger partial charge is 0.339 e. The lowest BCUT2D eigenvalue weighted by Crippen LogP contribution is -2.28. The average molecular weight is 372 g/mol. The molecule has 1 fully saturated rings. The Kier molecular flexibility index (Phi) is 4.63. The van der Waals surface area contributed by atoms with Crippen LogP contribution in [0.4, 0.5) is 19.1 Å². The van der Waals surface area contributed by atoms with E-state index < -0.39 is 23.8 Å². The maximum Gasteiger partial charge on any atom is 0.435 e. The van der Waals surface area contributed by atoms with Crippen molar-refractivity contribution >= 4 is 11.9 Å². The summed E-state index contributed by atoms with van der Waals surface area (Å²) < 4.78 is 44.2. The van der Waals surface area contributed by atoms with E-state index in [9.17, 15) is 18.0 Å². The molecular weight excluding hydrogens is 353 g/mol. The predicted octanol–water partition coefficient (Wildman–Crippen LogP) is 2.16. The molecule has 8 nitrogen and oxygen atoms in total. The molecule has 11 heteroatoms. The van der Waals surface area contributed by atoms with Gasteiger partial charge in [-0.1, -0.05) is 6.92 Å². The van der Waals surface area contributed by atoms with Gasteiger partial charge >= 0.3 is 6.18 Å². The molecule has 0 spiro atoms. The van der Waals surface area contributed by atoms with Crippen LogP contribution in [0.3, 0.4) is 0 Å². The molecule has 0 aliphatic carbocycles. The van der Waals surface area contributed by atoms with Crippen LogP contribution in [0.5, 0.6) is 0 Å². The van der Waals surface area contributed by atoms with E-state index in [0.29, 0.717) is 17.9 Å².